The number of hydrogen-bond acceptors (Lipinski definition) is 8. The summed E-state index contributed by atoms with van der Waals surface area (Å²) in [6.45, 7) is 4.06. The van der Waals surface area contributed by atoms with Crippen molar-refractivity contribution in [2.45, 2.75) is 0 Å². The minimum Gasteiger partial charge on any atom is -0.405 e. The van der Waals surface area contributed by atoms with Crippen molar-refractivity contribution in [3.63, 3.8) is 0 Å². The van der Waals surface area contributed by atoms with Crippen LogP contribution >= 0.6 is 0 Å². The molecule has 0 saturated carbocycles. The molecule has 10 heteroatoms. The monoisotopic (exact) mass is 450 g/mol. The van der Waals surface area contributed by atoms with Gasteiger partial charge in [0.25, 0.3) is 0 Å². The van der Waals surface area contributed by atoms with E-state index in [2.05, 4.69) is 42.4 Å². The van der Waals surface area contributed by atoms with Gasteiger partial charge in [0.15, 0.2) is 5.82 Å². The Hall–Kier alpha value is -5.12. The van der Waals surface area contributed by atoms with Crippen LogP contribution in [0.1, 0.15) is 5.69 Å². The summed E-state index contributed by atoms with van der Waals surface area (Å²) in [5, 5.41) is 15.3. The maximum Gasteiger partial charge on any atom is 0.180 e. The molecule has 0 aliphatic carbocycles. The second-order valence-corrected chi connectivity index (χ2v) is 7.46. The maximum absolute atomic E-state index is 5.61. The summed E-state index contributed by atoms with van der Waals surface area (Å²) in [4.78, 5) is 17.0. The number of aromatic nitrogens is 6. The van der Waals surface area contributed by atoms with Crippen molar-refractivity contribution in [2.24, 2.45) is 11.5 Å². The molecule has 0 radical (unpaired) electrons. The molecule has 5 aromatic rings. The lowest BCUT2D eigenvalue weighted by Gasteiger charge is -2.08. The predicted octanol–water partition coefficient (Wildman–Crippen LogP) is 3.47. The van der Waals surface area contributed by atoms with Gasteiger partial charge in [-0.25, -0.2) is 15.0 Å². The summed E-state index contributed by atoms with van der Waals surface area (Å²) in [5.41, 5.74) is 16.3. The summed E-state index contributed by atoms with van der Waals surface area (Å²) in [7, 11) is 0. The zero-order valence-electron chi connectivity index (χ0n) is 18.1. The number of rotatable bonds is 7. The van der Waals surface area contributed by atoms with Crippen LogP contribution in [0.4, 0.5) is 11.5 Å². The van der Waals surface area contributed by atoms with Gasteiger partial charge in [-0.3, -0.25) is 5.10 Å². The number of H-pyrrole nitrogens is 2. The molecule has 0 bridgehead atoms. The van der Waals surface area contributed by atoms with E-state index < -0.39 is 0 Å². The van der Waals surface area contributed by atoms with Crippen molar-refractivity contribution in [1.82, 2.24) is 35.5 Å². The molecule has 0 atom stereocenters. The van der Waals surface area contributed by atoms with Crippen LogP contribution in [0.5, 0.6) is 0 Å². The van der Waals surface area contributed by atoms with Crippen LogP contribution in [0.15, 0.2) is 85.6 Å². The maximum atomic E-state index is 5.61. The molecule has 0 aliphatic rings. The number of benzene rings is 1. The summed E-state index contributed by atoms with van der Waals surface area (Å²) in [6.07, 6.45) is 7.94. The van der Waals surface area contributed by atoms with E-state index in [9.17, 15) is 0 Å². The van der Waals surface area contributed by atoms with Crippen molar-refractivity contribution < 1.29 is 0 Å². The first-order valence-corrected chi connectivity index (χ1v) is 10.4. The normalized spacial score (nSPS) is 11.9. The highest BCUT2D eigenvalue weighted by Crippen LogP contribution is 2.24. The van der Waals surface area contributed by atoms with Crippen molar-refractivity contribution in [1.29, 1.82) is 0 Å². The fourth-order valence-corrected chi connectivity index (χ4v) is 3.50. The first kappa shape index (κ1) is 20.8. The van der Waals surface area contributed by atoms with E-state index in [-0.39, 0.29) is 0 Å². The molecule has 4 heterocycles. The third kappa shape index (κ3) is 4.15. The van der Waals surface area contributed by atoms with Crippen molar-refractivity contribution in [3.8, 4) is 11.5 Å². The number of nitrogens with one attached hydrogen (secondary N) is 4. The van der Waals surface area contributed by atoms with E-state index in [1.807, 2.05) is 42.5 Å². The Labute approximate surface area is 194 Å². The van der Waals surface area contributed by atoms with E-state index >= 15 is 0 Å². The van der Waals surface area contributed by atoms with Gasteiger partial charge in [-0.1, -0.05) is 6.58 Å². The highest BCUT2D eigenvalue weighted by atomic mass is 15.1. The fourth-order valence-electron chi connectivity index (χ4n) is 3.50. The summed E-state index contributed by atoms with van der Waals surface area (Å²) in [5.74, 6) is 1.17. The van der Waals surface area contributed by atoms with E-state index in [0.29, 0.717) is 34.4 Å². The Morgan fingerprint density at radius 1 is 1.03 bits per heavy atom. The van der Waals surface area contributed by atoms with Gasteiger partial charge in [0.05, 0.1) is 28.8 Å². The van der Waals surface area contributed by atoms with Gasteiger partial charge in [0, 0.05) is 28.9 Å². The summed E-state index contributed by atoms with van der Waals surface area (Å²) in [6, 6.07) is 13.5. The van der Waals surface area contributed by atoms with Gasteiger partial charge < -0.3 is 27.1 Å². The number of hydrogen-bond donors (Lipinski definition) is 6. The lowest BCUT2D eigenvalue weighted by atomic mass is 10.2. The molecule has 34 heavy (non-hydrogen) atoms. The minimum atomic E-state index is 0.505. The fraction of sp³-hybridized carbons (Fsp3) is 0. The number of fused-ring (bicyclic) bond motifs is 2. The third-order valence-electron chi connectivity index (χ3n) is 5.15. The lowest BCUT2D eigenvalue weighted by molar-refractivity contribution is 1.10. The Balaban J connectivity index is 1.39. The molecule has 168 valence electrons. The van der Waals surface area contributed by atoms with Crippen LogP contribution in [0.25, 0.3) is 39.2 Å². The van der Waals surface area contributed by atoms with E-state index in [4.69, 9.17) is 16.5 Å². The van der Waals surface area contributed by atoms with E-state index in [0.717, 1.165) is 27.7 Å². The van der Waals surface area contributed by atoms with Gasteiger partial charge >= 0.3 is 0 Å². The Morgan fingerprint density at radius 3 is 2.79 bits per heavy atom. The summed E-state index contributed by atoms with van der Waals surface area (Å²) < 4.78 is 0. The number of nitrogens with zero attached hydrogens (tertiary/aromatic N) is 4. The van der Waals surface area contributed by atoms with Crippen LogP contribution < -0.4 is 22.1 Å². The molecule has 5 rings (SSSR count). The Morgan fingerprint density at radius 2 is 1.94 bits per heavy atom. The lowest BCUT2D eigenvalue weighted by Crippen LogP contribution is -2.11. The topological polar surface area (TPSA) is 159 Å². The Kier molecular flexibility index (Phi) is 5.37. The Bertz CT molecular complexity index is 1560. The predicted molar refractivity (Wildman–Crippen MR) is 134 cm³/mol. The molecule has 0 fully saturated rings. The van der Waals surface area contributed by atoms with E-state index in [1.165, 1.54) is 12.4 Å². The van der Waals surface area contributed by atoms with E-state index in [1.54, 1.807) is 18.5 Å². The molecular weight excluding hydrogens is 428 g/mol. The average Bonchev–Trinajstić information content (AvgIpc) is 3.50. The van der Waals surface area contributed by atoms with Crippen LogP contribution in [-0.2, 0) is 0 Å². The molecule has 0 saturated heterocycles. The minimum absolute atomic E-state index is 0.505. The van der Waals surface area contributed by atoms with Gasteiger partial charge in [-0.05, 0) is 54.7 Å². The van der Waals surface area contributed by atoms with Gasteiger partial charge in [-0.2, -0.15) is 5.10 Å². The molecule has 0 unspecified atom stereocenters. The molecule has 0 aliphatic heterocycles. The first-order chi connectivity index (χ1) is 16.6. The molecule has 10 nitrogen and oxygen atoms in total. The van der Waals surface area contributed by atoms with Crippen LogP contribution in [0, 0.1) is 0 Å². The number of nitrogens with two attached hydrogens (primary N) is 2. The quantitative estimate of drug-likeness (QED) is 0.206. The van der Waals surface area contributed by atoms with Crippen LogP contribution in [0.2, 0.25) is 0 Å². The molecule has 0 amide bonds. The molecule has 0 spiro atoms. The smallest absolute Gasteiger partial charge is 0.180 e. The molecular formula is C24H22N10. The molecule has 4 aromatic heterocycles. The largest absolute Gasteiger partial charge is 0.405 e. The van der Waals surface area contributed by atoms with Gasteiger partial charge in [0.2, 0.25) is 0 Å². The zero-order chi connectivity index (χ0) is 23.5. The highest BCUT2D eigenvalue weighted by Gasteiger charge is 2.10. The molecule has 8 N–H and O–H groups in total. The van der Waals surface area contributed by atoms with Gasteiger partial charge in [0.1, 0.15) is 17.2 Å². The number of aromatic amines is 2. The average molecular weight is 451 g/mol. The summed E-state index contributed by atoms with van der Waals surface area (Å²) >= 11 is 0. The highest BCUT2D eigenvalue weighted by molar-refractivity contribution is 5.84. The van der Waals surface area contributed by atoms with Gasteiger partial charge in [-0.15, -0.1) is 0 Å². The number of anilines is 2. The van der Waals surface area contributed by atoms with Crippen molar-refractivity contribution in [3.05, 3.63) is 91.3 Å². The van der Waals surface area contributed by atoms with Crippen LogP contribution in [0.3, 0.4) is 0 Å². The number of allylic oxidation sites excluding steroid dienone is 1. The number of pyridine rings is 1. The van der Waals surface area contributed by atoms with Crippen LogP contribution in [-0.4, -0.2) is 30.1 Å². The third-order valence-corrected chi connectivity index (χ3v) is 5.15. The SMILES string of the molecule is C=C(NC(/C=C\N)=C/N)c1cc2ccc(-c3nccc(Nc4ccc5[nH]ncc5c4)n3)nc2[nH]1. The standard InChI is InChI=1S/C24H22N10/c1-14(29-18(12-26)6-8-25)21-11-15-2-4-20(31-23(15)32-21)24-27-9-7-22(33-24)30-17-3-5-19-16(10-17)13-28-34-19/h2-13,29H,1,25-26H2,(H,28,34)(H,31,32)(H,27,30,33)/b8-6-,18-12+. The first-order valence-electron chi connectivity index (χ1n) is 10.4. The van der Waals surface area contributed by atoms with Crippen molar-refractivity contribution >= 4 is 39.1 Å². The van der Waals surface area contributed by atoms with Crippen molar-refractivity contribution in [2.75, 3.05) is 5.32 Å². The second kappa shape index (κ2) is 8.79. The second-order valence-electron chi connectivity index (χ2n) is 7.46. The zero-order valence-corrected chi connectivity index (χ0v) is 18.1. The molecule has 1 aromatic carbocycles.